The van der Waals surface area contributed by atoms with Crippen molar-refractivity contribution in [2.75, 3.05) is 11.9 Å². The molecule has 10 nitrogen and oxygen atoms in total. The fraction of sp³-hybridized carbons (Fsp3) is 0.200. The third-order valence-corrected chi connectivity index (χ3v) is 4.65. The lowest BCUT2D eigenvalue weighted by molar-refractivity contribution is -0.139. The first kappa shape index (κ1) is 27.7. The molecule has 2 aromatic carbocycles. The Hall–Kier alpha value is -4.51. The molecule has 1 amide bonds. The molecular weight excluding hydrogens is 469 g/mol. The van der Waals surface area contributed by atoms with Crippen LogP contribution in [0.2, 0.25) is 0 Å². The normalized spacial score (nSPS) is 11.0. The maximum Gasteiger partial charge on any atom is 0.300 e. The zero-order chi connectivity index (χ0) is 26.7. The fourth-order valence-electron chi connectivity index (χ4n) is 3.03. The first-order valence-corrected chi connectivity index (χ1v) is 10.9. The van der Waals surface area contributed by atoms with E-state index >= 15 is 0 Å². The average molecular weight is 498 g/mol. The Balaban J connectivity index is 0.00000106. The summed E-state index contributed by atoms with van der Waals surface area (Å²) in [5.74, 6) is -2.28. The number of amides is 1. The number of carboxylic acid groups (broad SMARTS) is 1. The summed E-state index contributed by atoms with van der Waals surface area (Å²) in [4.78, 5) is 34.8. The number of ether oxygens (including phenoxy) is 1. The quantitative estimate of drug-likeness (QED) is 0.224. The predicted molar refractivity (Wildman–Crippen MR) is 134 cm³/mol. The molecule has 0 aliphatic heterocycles. The van der Waals surface area contributed by atoms with Gasteiger partial charge in [0.2, 0.25) is 6.23 Å². The Bertz CT molecular complexity index is 1260. The lowest BCUT2D eigenvalue weighted by Crippen LogP contribution is -2.38. The van der Waals surface area contributed by atoms with Gasteiger partial charge in [-0.1, -0.05) is 30.3 Å². The van der Waals surface area contributed by atoms with E-state index in [9.17, 15) is 14.0 Å². The zero-order valence-electron chi connectivity index (χ0n) is 19.8. The van der Waals surface area contributed by atoms with Gasteiger partial charge in [-0.25, -0.2) is 4.39 Å². The highest BCUT2D eigenvalue weighted by Crippen LogP contribution is 2.15. The van der Waals surface area contributed by atoms with E-state index in [0.29, 0.717) is 0 Å². The Morgan fingerprint density at radius 2 is 1.83 bits per heavy atom. The van der Waals surface area contributed by atoms with Gasteiger partial charge in [-0.15, -0.1) is 0 Å². The van der Waals surface area contributed by atoms with Crippen LogP contribution < -0.4 is 21.9 Å². The van der Waals surface area contributed by atoms with Crippen LogP contribution in [0.15, 0.2) is 71.7 Å². The van der Waals surface area contributed by atoms with Crippen LogP contribution in [0.25, 0.3) is 0 Å². The monoisotopic (exact) mass is 497 g/mol. The van der Waals surface area contributed by atoms with E-state index in [2.05, 4.69) is 10.6 Å². The summed E-state index contributed by atoms with van der Waals surface area (Å²) in [5, 5.41) is 20.4. The largest absolute Gasteiger partial charge is 0.481 e. The number of anilines is 2. The molecule has 190 valence electrons. The van der Waals surface area contributed by atoms with Crippen LogP contribution in [-0.2, 0) is 20.9 Å². The van der Waals surface area contributed by atoms with Gasteiger partial charge in [-0.3, -0.25) is 24.4 Å². The molecule has 3 rings (SSSR count). The molecule has 3 aromatic rings. The molecule has 36 heavy (non-hydrogen) atoms. The molecule has 1 atom stereocenters. The molecule has 0 aliphatic carbocycles. The van der Waals surface area contributed by atoms with E-state index in [-0.39, 0.29) is 35.8 Å². The summed E-state index contributed by atoms with van der Waals surface area (Å²) in [5.41, 5.74) is 6.39. The minimum absolute atomic E-state index is 0.122. The van der Waals surface area contributed by atoms with Crippen LogP contribution in [0, 0.1) is 11.2 Å². The lowest BCUT2D eigenvalue weighted by atomic mass is 10.1. The molecule has 6 N–H and O–H groups in total. The van der Waals surface area contributed by atoms with Crippen LogP contribution >= 0.6 is 0 Å². The summed E-state index contributed by atoms with van der Waals surface area (Å²) in [6, 6.07) is 16.5. The molecule has 0 spiro atoms. The first-order valence-electron chi connectivity index (χ1n) is 10.9. The van der Waals surface area contributed by atoms with Crippen molar-refractivity contribution in [3.63, 3.8) is 0 Å². The van der Waals surface area contributed by atoms with Crippen molar-refractivity contribution in [2.24, 2.45) is 5.73 Å². The topological polar surface area (TPSA) is 160 Å². The van der Waals surface area contributed by atoms with Crippen molar-refractivity contribution in [2.45, 2.75) is 26.6 Å². The fourth-order valence-corrected chi connectivity index (χ4v) is 3.03. The summed E-state index contributed by atoms with van der Waals surface area (Å²) in [6.45, 7) is 2.85. The minimum atomic E-state index is -1.23. The van der Waals surface area contributed by atoms with Gasteiger partial charge in [-0.2, -0.15) is 0 Å². The molecular formula is C25H28FN5O5. The second kappa shape index (κ2) is 13.4. The first-order chi connectivity index (χ1) is 17.1. The van der Waals surface area contributed by atoms with E-state index in [1.807, 2.05) is 30.3 Å². The van der Waals surface area contributed by atoms with Gasteiger partial charge in [-0.05, 0) is 37.3 Å². The standard InChI is InChI=1S/C23H24FN5O3.C2H4O2/c1-2-32-23(21(30)27-14-16-11-10-15(20(25)26)13-18(16)24)29-12-6-9-19(22(29)31)28-17-7-4-3-5-8-17;1-2(3)4/h3-13,23,28H,2,14H2,1H3,(H3,25,26)(H,27,30);1H3,(H,3,4). The number of para-hydroxylation sites is 1. The average Bonchev–Trinajstić information content (AvgIpc) is 2.83. The molecule has 0 saturated carbocycles. The smallest absolute Gasteiger partial charge is 0.300 e. The number of aliphatic carboxylic acids is 1. The molecule has 1 aromatic heterocycles. The van der Waals surface area contributed by atoms with E-state index in [1.165, 1.54) is 22.9 Å². The SMILES string of the molecule is CC(=O)O.CCOC(C(=O)NCc1ccc(C(=N)N)cc1F)n1cccc(Nc2ccccc2)c1=O. The van der Waals surface area contributed by atoms with E-state index < -0.39 is 29.5 Å². The Morgan fingerprint density at radius 3 is 2.42 bits per heavy atom. The summed E-state index contributed by atoms with van der Waals surface area (Å²) < 4.78 is 21.0. The highest BCUT2D eigenvalue weighted by molar-refractivity contribution is 5.94. The van der Waals surface area contributed by atoms with Crippen LogP contribution in [-0.4, -0.2) is 34.0 Å². The van der Waals surface area contributed by atoms with Crippen molar-refractivity contribution in [3.8, 4) is 0 Å². The Morgan fingerprint density at radius 1 is 1.17 bits per heavy atom. The number of nitrogens with two attached hydrogens (primary N) is 1. The van der Waals surface area contributed by atoms with Gasteiger partial charge in [0.05, 0.1) is 0 Å². The summed E-state index contributed by atoms with van der Waals surface area (Å²) in [7, 11) is 0. The number of nitrogens with one attached hydrogen (secondary N) is 3. The highest BCUT2D eigenvalue weighted by atomic mass is 19.1. The van der Waals surface area contributed by atoms with Crippen LogP contribution in [0.3, 0.4) is 0 Å². The number of rotatable bonds is 9. The van der Waals surface area contributed by atoms with E-state index in [0.717, 1.165) is 18.7 Å². The van der Waals surface area contributed by atoms with Crippen molar-refractivity contribution in [1.29, 1.82) is 5.41 Å². The van der Waals surface area contributed by atoms with Crippen LogP contribution in [0.1, 0.15) is 31.2 Å². The van der Waals surface area contributed by atoms with Gasteiger partial charge in [0.15, 0.2) is 0 Å². The molecule has 0 saturated heterocycles. The van der Waals surface area contributed by atoms with Crippen LogP contribution in [0.4, 0.5) is 15.8 Å². The van der Waals surface area contributed by atoms with Gasteiger partial charge >= 0.3 is 0 Å². The molecule has 1 heterocycles. The van der Waals surface area contributed by atoms with Crippen LogP contribution in [0.5, 0.6) is 0 Å². The number of carbonyl (C=O) groups is 2. The van der Waals surface area contributed by atoms with Gasteiger partial charge in [0, 0.05) is 43.1 Å². The van der Waals surface area contributed by atoms with Gasteiger partial charge < -0.3 is 26.2 Å². The number of carboxylic acids is 1. The number of amidine groups is 1. The van der Waals surface area contributed by atoms with Gasteiger partial charge in [0.25, 0.3) is 17.4 Å². The Kier molecular flexibility index (Phi) is 10.3. The number of aromatic nitrogens is 1. The second-order valence-electron chi connectivity index (χ2n) is 7.39. The third kappa shape index (κ3) is 8.06. The highest BCUT2D eigenvalue weighted by Gasteiger charge is 2.23. The second-order valence-corrected chi connectivity index (χ2v) is 7.39. The predicted octanol–water partition coefficient (Wildman–Crippen LogP) is 2.96. The molecule has 11 heteroatoms. The number of benzene rings is 2. The zero-order valence-corrected chi connectivity index (χ0v) is 19.8. The molecule has 1 unspecified atom stereocenters. The maximum atomic E-state index is 14.3. The van der Waals surface area contributed by atoms with E-state index in [4.69, 9.17) is 25.8 Å². The lowest BCUT2D eigenvalue weighted by Gasteiger charge is -2.20. The van der Waals surface area contributed by atoms with Crippen molar-refractivity contribution < 1.29 is 23.8 Å². The minimum Gasteiger partial charge on any atom is -0.481 e. The number of pyridine rings is 1. The summed E-state index contributed by atoms with van der Waals surface area (Å²) >= 11 is 0. The molecule has 0 aliphatic rings. The van der Waals surface area contributed by atoms with Crippen molar-refractivity contribution >= 4 is 29.1 Å². The molecule has 0 fully saturated rings. The number of halogens is 1. The van der Waals surface area contributed by atoms with Crippen molar-refractivity contribution in [3.05, 3.63) is 94.2 Å². The third-order valence-electron chi connectivity index (χ3n) is 4.65. The van der Waals surface area contributed by atoms with Gasteiger partial charge in [0.1, 0.15) is 17.3 Å². The van der Waals surface area contributed by atoms with E-state index in [1.54, 1.807) is 19.1 Å². The number of nitrogen functional groups attached to an aromatic ring is 1. The van der Waals surface area contributed by atoms with Crippen molar-refractivity contribution in [1.82, 2.24) is 9.88 Å². The molecule has 0 radical (unpaired) electrons. The maximum absolute atomic E-state index is 14.3. The number of hydrogen-bond acceptors (Lipinski definition) is 6. The Labute approximate surface area is 207 Å². The summed E-state index contributed by atoms with van der Waals surface area (Å²) in [6.07, 6.45) is 0.227. The number of nitrogens with zero attached hydrogens (tertiary/aromatic N) is 1. The number of carbonyl (C=O) groups excluding carboxylic acids is 1. The molecule has 0 bridgehead atoms. The number of hydrogen-bond donors (Lipinski definition) is 5.